The highest BCUT2D eigenvalue weighted by Gasteiger charge is 2.33. The van der Waals surface area contributed by atoms with Crippen molar-refractivity contribution in [3.63, 3.8) is 0 Å². The second kappa shape index (κ2) is 6.82. The summed E-state index contributed by atoms with van der Waals surface area (Å²) in [6.45, 7) is 5.41. The van der Waals surface area contributed by atoms with Gasteiger partial charge in [0.1, 0.15) is 11.6 Å². The van der Waals surface area contributed by atoms with Crippen molar-refractivity contribution >= 4 is 11.8 Å². The summed E-state index contributed by atoms with van der Waals surface area (Å²) in [6.07, 6.45) is 5.59. The first kappa shape index (κ1) is 16.2. The van der Waals surface area contributed by atoms with Crippen molar-refractivity contribution in [3.8, 4) is 5.82 Å². The summed E-state index contributed by atoms with van der Waals surface area (Å²) in [6, 6.07) is 3.79. The van der Waals surface area contributed by atoms with E-state index in [-0.39, 0.29) is 17.7 Å². The lowest BCUT2D eigenvalue weighted by molar-refractivity contribution is -0.128. The summed E-state index contributed by atoms with van der Waals surface area (Å²) in [7, 11) is 0. The molecule has 0 spiro atoms. The van der Waals surface area contributed by atoms with Crippen molar-refractivity contribution < 1.29 is 9.59 Å². The number of nitrogens with zero attached hydrogens (tertiary/aromatic N) is 4. The molecule has 0 unspecified atom stereocenters. The molecule has 126 valence electrons. The molecule has 1 aliphatic heterocycles. The van der Waals surface area contributed by atoms with Crippen LogP contribution >= 0.6 is 0 Å². The van der Waals surface area contributed by atoms with Gasteiger partial charge in [-0.05, 0) is 31.5 Å². The predicted molar refractivity (Wildman–Crippen MR) is 88.3 cm³/mol. The Labute approximate surface area is 140 Å². The first-order valence-corrected chi connectivity index (χ1v) is 8.09. The summed E-state index contributed by atoms with van der Waals surface area (Å²) >= 11 is 0. The molecule has 1 N–H and O–H groups in total. The Balaban J connectivity index is 1.62. The van der Waals surface area contributed by atoms with E-state index in [1.807, 2.05) is 36.7 Å². The fourth-order valence-corrected chi connectivity index (χ4v) is 2.91. The molecule has 1 saturated heterocycles. The topological polar surface area (TPSA) is 80.1 Å². The van der Waals surface area contributed by atoms with Crippen molar-refractivity contribution in [2.24, 2.45) is 5.92 Å². The monoisotopic (exact) mass is 327 g/mol. The fourth-order valence-electron chi connectivity index (χ4n) is 2.91. The van der Waals surface area contributed by atoms with E-state index in [0.717, 1.165) is 17.2 Å². The highest BCUT2D eigenvalue weighted by Crippen LogP contribution is 2.17. The first-order valence-electron chi connectivity index (χ1n) is 8.09. The number of carbonyl (C=O) groups excluding carboxylic acids is 2. The predicted octanol–water partition coefficient (Wildman–Crippen LogP) is 1.06. The van der Waals surface area contributed by atoms with E-state index in [1.165, 1.54) is 0 Å². The Kier molecular flexibility index (Phi) is 4.59. The number of aryl methyl sites for hydroxylation is 1. The number of amides is 2. The van der Waals surface area contributed by atoms with Gasteiger partial charge in [0.15, 0.2) is 0 Å². The molecule has 3 rings (SSSR count). The van der Waals surface area contributed by atoms with Gasteiger partial charge in [0, 0.05) is 44.6 Å². The van der Waals surface area contributed by atoms with Gasteiger partial charge in [0.05, 0.1) is 5.92 Å². The minimum absolute atomic E-state index is 0.0550. The lowest BCUT2D eigenvalue weighted by atomic mass is 10.1. The van der Waals surface area contributed by atoms with Gasteiger partial charge in [-0.2, -0.15) is 0 Å². The third kappa shape index (κ3) is 3.29. The van der Waals surface area contributed by atoms with Gasteiger partial charge in [-0.1, -0.05) is 0 Å². The quantitative estimate of drug-likeness (QED) is 0.890. The fraction of sp³-hybridized carbons (Fsp3) is 0.412. The summed E-state index contributed by atoms with van der Waals surface area (Å²) in [5, 5.41) is 2.92. The zero-order chi connectivity index (χ0) is 17.1. The molecule has 7 nitrogen and oxygen atoms in total. The third-order valence-corrected chi connectivity index (χ3v) is 4.32. The zero-order valence-electron chi connectivity index (χ0n) is 13.9. The van der Waals surface area contributed by atoms with E-state index >= 15 is 0 Å². The molecule has 0 aliphatic carbocycles. The van der Waals surface area contributed by atoms with Crippen LogP contribution in [0.5, 0.6) is 0 Å². The SMILES string of the molecule is CCN1C[C@@H](C(=O)NCc2ccnc(-n3ccnc3C)c2)CC1=O. The second-order valence-electron chi connectivity index (χ2n) is 5.92. The van der Waals surface area contributed by atoms with Crippen LogP contribution < -0.4 is 5.32 Å². The van der Waals surface area contributed by atoms with Crippen molar-refractivity contribution in [1.82, 2.24) is 24.8 Å². The highest BCUT2D eigenvalue weighted by molar-refractivity contribution is 5.89. The number of pyridine rings is 1. The molecule has 0 radical (unpaired) electrons. The molecule has 0 bridgehead atoms. The summed E-state index contributed by atoms with van der Waals surface area (Å²) in [5.41, 5.74) is 0.957. The molecule has 3 heterocycles. The summed E-state index contributed by atoms with van der Waals surface area (Å²) in [5.74, 6) is 1.35. The Morgan fingerprint density at radius 2 is 2.21 bits per heavy atom. The molecule has 24 heavy (non-hydrogen) atoms. The third-order valence-electron chi connectivity index (χ3n) is 4.32. The molecule has 2 aromatic heterocycles. The normalized spacial score (nSPS) is 17.3. The van der Waals surface area contributed by atoms with Crippen molar-refractivity contribution in [2.75, 3.05) is 13.1 Å². The minimum Gasteiger partial charge on any atom is -0.352 e. The van der Waals surface area contributed by atoms with Gasteiger partial charge in [-0.3, -0.25) is 14.2 Å². The molecular weight excluding hydrogens is 306 g/mol. The number of aromatic nitrogens is 3. The Hall–Kier alpha value is -2.70. The van der Waals surface area contributed by atoms with Crippen LogP contribution in [-0.4, -0.2) is 44.3 Å². The van der Waals surface area contributed by atoms with E-state index < -0.39 is 0 Å². The molecule has 2 aromatic rings. The number of hydrogen-bond donors (Lipinski definition) is 1. The van der Waals surface area contributed by atoms with Gasteiger partial charge in [0.2, 0.25) is 11.8 Å². The van der Waals surface area contributed by atoms with Gasteiger partial charge in [-0.15, -0.1) is 0 Å². The maximum Gasteiger partial charge on any atom is 0.225 e. The Morgan fingerprint density at radius 1 is 1.38 bits per heavy atom. The van der Waals surface area contributed by atoms with Crippen molar-refractivity contribution in [3.05, 3.63) is 42.1 Å². The highest BCUT2D eigenvalue weighted by atomic mass is 16.2. The lowest BCUT2D eigenvalue weighted by Crippen LogP contribution is -2.32. The van der Waals surface area contributed by atoms with E-state index in [9.17, 15) is 9.59 Å². The number of nitrogens with one attached hydrogen (secondary N) is 1. The van der Waals surface area contributed by atoms with Crippen molar-refractivity contribution in [2.45, 2.75) is 26.8 Å². The van der Waals surface area contributed by atoms with Crippen LogP contribution in [0.4, 0.5) is 0 Å². The molecule has 0 saturated carbocycles. The zero-order valence-corrected chi connectivity index (χ0v) is 13.9. The van der Waals surface area contributed by atoms with E-state index in [0.29, 0.717) is 26.1 Å². The Morgan fingerprint density at radius 3 is 2.88 bits per heavy atom. The minimum atomic E-state index is -0.255. The van der Waals surface area contributed by atoms with E-state index in [4.69, 9.17) is 0 Å². The van der Waals surface area contributed by atoms with Crippen LogP contribution in [-0.2, 0) is 16.1 Å². The number of rotatable bonds is 5. The summed E-state index contributed by atoms with van der Waals surface area (Å²) < 4.78 is 1.89. The number of imidazole rings is 1. The molecular formula is C17H21N5O2. The molecule has 1 fully saturated rings. The first-order chi connectivity index (χ1) is 11.6. The van der Waals surface area contributed by atoms with Crippen LogP contribution in [0.3, 0.4) is 0 Å². The van der Waals surface area contributed by atoms with Gasteiger partial charge >= 0.3 is 0 Å². The molecule has 2 amide bonds. The lowest BCUT2D eigenvalue weighted by Gasteiger charge is -2.14. The van der Waals surface area contributed by atoms with Gasteiger partial charge in [0.25, 0.3) is 0 Å². The van der Waals surface area contributed by atoms with Crippen LogP contribution in [0.1, 0.15) is 24.7 Å². The maximum absolute atomic E-state index is 12.3. The Bertz CT molecular complexity index is 755. The van der Waals surface area contributed by atoms with Crippen LogP contribution in [0.2, 0.25) is 0 Å². The largest absolute Gasteiger partial charge is 0.352 e. The van der Waals surface area contributed by atoms with Crippen molar-refractivity contribution in [1.29, 1.82) is 0 Å². The maximum atomic E-state index is 12.3. The standard InChI is InChI=1S/C17H21N5O2/c1-3-21-11-14(9-16(21)23)17(24)20-10-13-4-5-19-15(8-13)22-7-6-18-12(22)2/h4-8,14H,3,9-11H2,1-2H3,(H,20,24)/t14-/m0/s1. The number of hydrogen-bond acceptors (Lipinski definition) is 4. The van der Waals surface area contributed by atoms with Crippen LogP contribution in [0.15, 0.2) is 30.7 Å². The average molecular weight is 327 g/mol. The van der Waals surface area contributed by atoms with E-state index in [2.05, 4.69) is 15.3 Å². The molecule has 7 heteroatoms. The van der Waals surface area contributed by atoms with Crippen LogP contribution in [0, 0.1) is 12.8 Å². The summed E-state index contributed by atoms with van der Waals surface area (Å²) in [4.78, 5) is 34.2. The molecule has 0 aromatic carbocycles. The smallest absolute Gasteiger partial charge is 0.225 e. The van der Waals surface area contributed by atoms with E-state index in [1.54, 1.807) is 17.3 Å². The molecule has 1 atom stereocenters. The number of carbonyl (C=O) groups is 2. The molecule has 1 aliphatic rings. The number of likely N-dealkylation sites (tertiary alicyclic amines) is 1. The van der Waals surface area contributed by atoms with Crippen LogP contribution in [0.25, 0.3) is 5.82 Å². The average Bonchev–Trinajstić information content (AvgIpc) is 3.18. The van der Waals surface area contributed by atoms with Gasteiger partial charge < -0.3 is 10.2 Å². The second-order valence-corrected chi connectivity index (χ2v) is 5.92. The van der Waals surface area contributed by atoms with Gasteiger partial charge in [-0.25, -0.2) is 9.97 Å².